The molecule has 10 N–H and O–H groups in total. The second-order valence-electron chi connectivity index (χ2n) is 28.1. The van der Waals surface area contributed by atoms with E-state index in [1.165, 1.54) is 0 Å². The highest BCUT2D eigenvalue weighted by molar-refractivity contribution is 5.81. The number of nitrogens with zero attached hydrogens (tertiary/aromatic N) is 5. The molecule has 0 aliphatic heterocycles. The molecule has 0 fully saturated rings. The Labute approximate surface area is 653 Å². The van der Waals surface area contributed by atoms with Crippen molar-refractivity contribution in [3.8, 4) is 0 Å². The zero-order valence-corrected chi connectivity index (χ0v) is 70.4. The summed E-state index contributed by atoms with van der Waals surface area (Å²) >= 11 is 0. The number of carbonyl (C=O) groups is 9. The Hall–Kier alpha value is -4.05. The Balaban J connectivity index is -0.000000416. The molecule has 634 valence electrons. The fourth-order valence-corrected chi connectivity index (χ4v) is 10.9. The van der Waals surface area contributed by atoms with Crippen LogP contribution in [-0.4, -0.2) is 279 Å². The summed E-state index contributed by atoms with van der Waals surface area (Å²) in [5, 5.41) is 59.5. The van der Waals surface area contributed by atoms with Gasteiger partial charge in [0, 0.05) is 221 Å². The summed E-state index contributed by atoms with van der Waals surface area (Å²) in [6.45, 7) is 37.2. The number of amides is 3. The summed E-state index contributed by atoms with van der Waals surface area (Å²) in [6, 6.07) is 0. The second-order valence-corrected chi connectivity index (χ2v) is 28.1. The largest absolute Gasteiger partial charge is 0.395 e. The van der Waals surface area contributed by atoms with Crippen molar-refractivity contribution >= 4 is 52.4 Å². The van der Waals surface area contributed by atoms with Gasteiger partial charge in [0.05, 0.1) is 33.0 Å². The number of hydrogen-bond acceptors (Lipinski definition) is 21. The summed E-state index contributed by atoms with van der Waals surface area (Å²) in [5.41, 5.74) is 0. The van der Waals surface area contributed by atoms with Gasteiger partial charge in [-0.15, -0.1) is 0 Å². The predicted molar refractivity (Wildman–Crippen MR) is 440 cm³/mol. The Bertz CT molecular complexity index is 1980. The van der Waals surface area contributed by atoms with E-state index in [-0.39, 0.29) is 62.3 Å². The van der Waals surface area contributed by atoms with E-state index in [2.05, 4.69) is 99.5 Å². The number of rotatable bonds is 75. The lowest BCUT2D eigenvalue weighted by molar-refractivity contribution is -0.122. The number of nitrogens with one attached hydrogen (secondary N) is 5. The van der Waals surface area contributed by atoms with Crippen LogP contribution in [0.3, 0.4) is 0 Å². The third kappa shape index (κ3) is 89.0. The maximum atomic E-state index is 12.1. The molecule has 0 aromatic carbocycles. The Morgan fingerprint density at radius 2 is 0.458 bits per heavy atom. The van der Waals surface area contributed by atoms with Crippen molar-refractivity contribution in [2.24, 2.45) is 0 Å². The molecule has 0 radical (unpaired) electrons. The van der Waals surface area contributed by atoms with Gasteiger partial charge in [-0.3, -0.25) is 48.1 Å². The van der Waals surface area contributed by atoms with Gasteiger partial charge in [-0.2, -0.15) is 0 Å². The molecule has 0 bridgehead atoms. The summed E-state index contributed by atoms with van der Waals surface area (Å²) in [4.78, 5) is 116. The van der Waals surface area contributed by atoms with Crippen molar-refractivity contribution in [3.05, 3.63) is 0 Å². The fraction of sp³-hybridized carbons (Fsp3) is 0.892. The van der Waals surface area contributed by atoms with Crippen LogP contribution in [0, 0.1) is 0 Å². The normalized spacial score (nSPS) is 11.0. The summed E-state index contributed by atoms with van der Waals surface area (Å²) < 4.78 is 0. The van der Waals surface area contributed by atoms with Gasteiger partial charge in [0.15, 0.2) is 0 Å². The first-order valence-electron chi connectivity index (χ1n) is 42.8. The summed E-state index contributed by atoms with van der Waals surface area (Å²) in [7, 11) is 0. The minimum atomic E-state index is 0.0321. The number of unbranched alkanes of at least 4 members (excludes halogenated alkanes) is 10. The fourth-order valence-electron chi connectivity index (χ4n) is 10.9. The average molecular weight is 1530 g/mol. The Morgan fingerprint density at radius 1 is 0.196 bits per heavy atom. The lowest BCUT2D eigenvalue weighted by Crippen LogP contribution is -2.40. The molecule has 0 rings (SSSR count). The number of ketones is 6. The van der Waals surface area contributed by atoms with Crippen LogP contribution in [0.15, 0.2) is 0 Å². The molecular formula is C83H168N10O14. The van der Waals surface area contributed by atoms with E-state index >= 15 is 0 Å². The van der Waals surface area contributed by atoms with Gasteiger partial charge >= 0.3 is 0 Å². The zero-order valence-electron chi connectivity index (χ0n) is 70.4. The van der Waals surface area contributed by atoms with Crippen LogP contribution in [0.25, 0.3) is 0 Å². The van der Waals surface area contributed by atoms with Crippen molar-refractivity contribution < 1.29 is 68.7 Å². The number of carbonyl (C=O) groups excluding carboxylic acids is 9. The smallest absolute Gasteiger partial charge is 0.221 e. The lowest BCUT2D eigenvalue weighted by atomic mass is 10.1. The SMILES string of the molecule is CCCCC(=O)CCCCCN(CCO)CCC(=O)NCCC.CCCCC(=O)CCCCCNCCO.CCCCC(=O)CCN(CCC(=O)CCCC)CCN(CCO)CCC(=O)NCCC.CCCCC(=O)CCN(CCNCCO)CCC(=O)CCCC.CCCNC(=O)CCN(CCC)CCO. The first kappa shape index (κ1) is 112. The van der Waals surface area contributed by atoms with Crippen molar-refractivity contribution in [2.45, 2.75) is 307 Å². The molecule has 0 saturated heterocycles. The van der Waals surface area contributed by atoms with Crippen LogP contribution in [0.5, 0.6) is 0 Å². The van der Waals surface area contributed by atoms with E-state index in [0.717, 1.165) is 233 Å². The third-order valence-corrected chi connectivity index (χ3v) is 17.8. The van der Waals surface area contributed by atoms with Crippen LogP contribution in [0.1, 0.15) is 307 Å². The highest BCUT2D eigenvalue weighted by atomic mass is 16.3. The van der Waals surface area contributed by atoms with Crippen molar-refractivity contribution in [1.29, 1.82) is 0 Å². The maximum absolute atomic E-state index is 12.1. The second kappa shape index (κ2) is 90.8. The number of hydrogen-bond donors (Lipinski definition) is 10. The standard InChI is InChI=1S/C24H47N3O4.2C18H36N2O3.C12H25NO2.C11H24N2O2/c1-4-7-9-22(29)11-15-26(16-12-23(30)10-8-5-2)18-19-27(20-21-28)17-13-24(31)25-14-6-3;1-3-5-9-17(22)10-7-6-8-13-20(15-16-21)14-11-18(23)19-12-4-2;1-3-5-7-17(22)9-13-20(15-11-19-12-16-21)14-10-18(23)8-6-4-2;1-2-3-7-12(15)8-5-4-6-9-13-10-11-14;1-3-6-12-11(15)5-8-13(7-4-2)9-10-14/h28H,4-21H2,1-3H3,(H,25,31);21H,3-16H2,1-2H3,(H,19,23);19,21H,3-16H2,1-2H3;13-14H,2-11H2,1H3;14H,3-10H2,1-2H3,(H,12,15). The van der Waals surface area contributed by atoms with Crippen LogP contribution < -0.4 is 26.6 Å². The molecular weight excluding hydrogens is 1360 g/mol. The molecule has 24 nitrogen and oxygen atoms in total. The molecule has 24 heteroatoms. The van der Waals surface area contributed by atoms with E-state index in [9.17, 15) is 48.3 Å². The van der Waals surface area contributed by atoms with Crippen LogP contribution in [-0.2, 0) is 43.2 Å². The first-order valence-corrected chi connectivity index (χ1v) is 42.8. The van der Waals surface area contributed by atoms with Gasteiger partial charge in [0.25, 0.3) is 0 Å². The maximum Gasteiger partial charge on any atom is 0.221 e. The summed E-state index contributed by atoms with van der Waals surface area (Å²) in [6.07, 6.45) is 31.4. The number of aliphatic hydroxyl groups is 5. The van der Waals surface area contributed by atoms with Gasteiger partial charge in [0.2, 0.25) is 17.7 Å². The molecule has 0 heterocycles. The molecule has 0 spiro atoms. The molecule has 3 amide bonds. The molecule has 0 aromatic heterocycles. The minimum Gasteiger partial charge on any atom is -0.395 e. The van der Waals surface area contributed by atoms with Crippen molar-refractivity contribution in [1.82, 2.24) is 51.1 Å². The average Bonchev–Trinajstić information content (AvgIpc) is 1.01. The quantitative estimate of drug-likeness (QED) is 0.0253. The molecule has 0 aliphatic carbocycles. The van der Waals surface area contributed by atoms with E-state index in [4.69, 9.17) is 20.4 Å². The van der Waals surface area contributed by atoms with Crippen LogP contribution in [0.4, 0.5) is 0 Å². The highest BCUT2D eigenvalue weighted by Crippen LogP contribution is 2.10. The van der Waals surface area contributed by atoms with E-state index in [1.54, 1.807) is 0 Å². The Morgan fingerprint density at radius 3 is 0.757 bits per heavy atom. The van der Waals surface area contributed by atoms with Gasteiger partial charge in [0.1, 0.15) is 34.7 Å². The Kier molecular flexibility index (Phi) is 94.7. The monoisotopic (exact) mass is 1530 g/mol. The lowest BCUT2D eigenvalue weighted by Gasteiger charge is -2.27. The number of Topliss-reactive ketones (excluding diaryl/α,β-unsaturated/α-hetero) is 6. The van der Waals surface area contributed by atoms with Crippen LogP contribution in [0.2, 0.25) is 0 Å². The number of aliphatic hydroxyl groups excluding tert-OH is 5. The topological polar surface area (TPSA) is 331 Å². The molecule has 107 heavy (non-hydrogen) atoms. The predicted octanol–water partition coefficient (Wildman–Crippen LogP) is 9.98. The van der Waals surface area contributed by atoms with Gasteiger partial charge in [-0.25, -0.2) is 0 Å². The van der Waals surface area contributed by atoms with E-state index in [1.807, 2.05) is 20.8 Å². The van der Waals surface area contributed by atoms with Gasteiger partial charge in [-0.1, -0.05) is 121 Å². The van der Waals surface area contributed by atoms with Crippen LogP contribution >= 0.6 is 0 Å². The first-order chi connectivity index (χ1) is 51.8. The molecule has 0 saturated carbocycles. The van der Waals surface area contributed by atoms with Crippen molar-refractivity contribution in [2.75, 3.05) is 177 Å². The molecule has 0 aliphatic rings. The molecule has 0 aromatic rings. The summed E-state index contributed by atoms with van der Waals surface area (Å²) in [5.74, 6) is 2.21. The van der Waals surface area contributed by atoms with Crippen molar-refractivity contribution in [3.63, 3.8) is 0 Å². The van der Waals surface area contributed by atoms with E-state index in [0.29, 0.717) is 172 Å². The van der Waals surface area contributed by atoms with Gasteiger partial charge in [-0.05, 0) is 110 Å². The van der Waals surface area contributed by atoms with Gasteiger partial charge < -0.3 is 71.7 Å². The third-order valence-electron chi connectivity index (χ3n) is 17.8. The highest BCUT2D eigenvalue weighted by Gasteiger charge is 2.16. The van der Waals surface area contributed by atoms with E-state index < -0.39 is 0 Å². The zero-order chi connectivity index (χ0) is 80.9. The molecule has 0 atom stereocenters. The molecule has 0 unspecified atom stereocenters. The minimum absolute atomic E-state index is 0.0321.